The van der Waals surface area contributed by atoms with Crippen molar-refractivity contribution in [3.63, 3.8) is 0 Å². The molecule has 0 radical (unpaired) electrons. The van der Waals surface area contributed by atoms with Crippen molar-refractivity contribution in [1.29, 1.82) is 0 Å². The SMILES string of the molecule is CCCc1c(OCCC(C)C(=O)NCCCCc2cccnc2)ccc(C(C)=O)c1O. The summed E-state index contributed by atoms with van der Waals surface area (Å²) in [7, 11) is 0. The molecule has 2 rings (SSSR count). The van der Waals surface area contributed by atoms with E-state index in [2.05, 4.69) is 16.4 Å². The van der Waals surface area contributed by atoms with Crippen molar-refractivity contribution in [2.45, 2.75) is 59.3 Å². The lowest BCUT2D eigenvalue weighted by Crippen LogP contribution is -2.30. The molecule has 0 spiro atoms. The van der Waals surface area contributed by atoms with Crippen molar-refractivity contribution in [2.24, 2.45) is 5.92 Å². The monoisotopic (exact) mass is 426 g/mol. The quantitative estimate of drug-likeness (QED) is 0.364. The van der Waals surface area contributed by atoms with Crippen LogP contribution in [0.4, 0.5) is 0 Å². The fourth-order valence-corrected chi connectivity index (χ4v) is 3.39. The van der Waals surface area contributed by atoms with Gasteiger partial charge in [-0.2, -0.15) is 0 Å². The van der Waals surface area contributed by atoms with Crippen molar-refractivity contribution >= 4 is 11.7 Å². The number of carbonyl (C=O) groups is 2. The predicted molar refractivity (Wildman–Crippen MR) is 122 cm³/mol. The topological polar surface area (TPSA) is 88.5 Å². The summed E-state index contributed by atoms with van der Waals surface area (Å²) in [4.78, 5) is 28.1. The van der Waals surface area contributed by atoms with Gasteiger partial charge in [-0.3, -0.25) is 14.6 Å². The second-order valence-corrected chi connectivity index (χ2v) is 7.89. The number of nitrogens with zero attached hydrogens (tertiary/aromatic N) is 1. The Balaban J connectivity index is 1.74. The lowest BCUT2D eigenvalue weighted by Gasteiger charge is -2.16. The molecule has 0 saturated carbocycles. The largest absolute Gasteiger partial charge is 0.507 e. The predicted octanol–water partition coefficient (Wildman–Crippen LogP) is 4.49. The second kappa shape index (κ2) is 12.7. The number of ketones is 1. The zero-order valence-corrected chi connectivity index (χ0v) is 18.8. The molecular weight excluding hydrogens is 392 g/mol. The molecule has 2 N–H and O–H groups in total. The standard InChI is InChI=1S/C25H34N2O4/c1-4-8-22-23(12-11-21(19(3)28)24(22)29)31-16-13-18(2)25(30)27-15-6-5-9-20-10-7-14-26-17-20/h7,10-12,14,17-18,29H,4-6,8-9,13,15-16H2,1-3H3,(H,27,30). The molecule has 6 nitrogen and oxygen atoms in total. The van der Waals surface area contributed by atoms with Crippen LogP contribution in [0, 0.1) is 5.92 Å². The number of carbonyl (C=O) groups excluding carboxylic acids is 2. The van der Waals surface area contributed by atoms with Gasteiger partial charge in [-0.05, 0) is 62.8 Å². The number of aromatic nitrogens is 1. The fraction of sp³-hybridized carbons (Fsp3) is 0.480. The first-order chi connectivity index (χ1) is 14.9. The molecule has 168 valence electrons. The molecule has 0 bridgehead atoms. The van der Waals surface area contributed by atoms with E-state index < -0.39 is 0 Å². The summed E-state index contributed by atoms with van der Waals surface area (Å²) >= 11 is 0. The number of Topliss-reactive ketones (excluding diaryl/α,β-unsaturated/α-hetero) is 1. The summed E-state index contributed by atoms with van der Waals surface area (Å²) in [6.45, 7) is 6.35. The number of ether oxygens (including phenoxy) is 1. The molecule has 1 unspecified atom stereocenters. The Hall–Kier alpha value is -2.89. The summed E-state index contributed by atoms with van der Waals surface area (Å²) in [5.74, 6) is 0.259. The zero-order chi connectivity index (χ0) is 22.6. The minimum absolute atomic E-state index is 0.00363. The zero-order valence-electron chi connectivity index (χ0n) is 18.8. The Labute approximate surface area is 185 Å². The number of hydrogen-bond acceptors (Lipinski definition) is 5. The summed E-state index contributed by atoms with van der Waals surface area (Å²) in [5.41, 5.74) is 2.18. The Kier molecular flexibility index (Phi) is 10.0. The van der Waals surface area contributed by atoms with Crippen LogP contribution in [0.5, 0.6) is 11.5 Å². The highest BCUT2D eigenvalue weighted by Gasteiger charge is 2.17. The van der Waals surface area contributed by atoms with E-state index in [4.69, 9.17) is 4.74 Å². The van der Waals surface area contributed by atoms with E-state index in [0.717, 1.165) is 25.7 Å². The maximum absolute atomic E-state index is 12.3. The molecule has 1 heterocycles. The van der Waals surface area contributed by atoms with Gasteiger partial charge >= 0.3 is 0 Å². The molecule has 1 amide bonds. The molecule has 1 aromatic heterocycles. The number of pyridine rings is 1. The minimum Gasteiger partial charge on any atom is -0.507 e. The summed E-state index contributed by atoms with van der Waals surface area (Å²) in [5, 5.41) is 13.4. The van der Waals surface area contributed by atoms with Crippen LogP contribution in [0.1, 0.15) is 67.9 Å². The first-order valence-corrected chi connectivity index (χ1v) is 11.1. The molecule has 0 saturated heterocycles. The van der Waals surface area contributed by atoms with Crippen molar-refractivity contribution < 1.29 is 19.4 Å². The molecule has 0 aliphatic carbocycles. The van der Waals surface area contributed by atoms with E-state index in [1.165, 1.54) is 12.5 Å². The number of phenols is 1. The molecule has 0 aliphatic rings. The van der Waals surface area contributed by atoms with Gasteiger partial charge in [0.25, 0.3) is 0 Å². The highest BCUT2D eigenvalue weighted by atomic mass is 16.5. The van der Waals surface area contributed by atoms with E-state index >= 15 is 0 Å². The number of hydrogen-bond donors (Lipinski definition) is 2. The van der Waals surface area contributed by atoms with Crippen molar-refractivity contribution in [3.05, 3.63) is 53.3 Å². The first-order valence-electron chi connectivity index (χ1n) is 11.1. The highest BCUT2D eigenvalue weighted by Crippen LogP contribution is 2.33. The van der Waals surface area contributed by atoms with Crippen LogP contribution < -0.4 is 10.1 Å². The molecule has 1 atom stereocenters. The Morgan fingerprint density at radius 1 is 1.19 bits per heavy atom. The Morgan fingerprint density at radius 3 is 2.68 bits per heavy atom. The number of phenolic OH excluding ortho intramolecular Hbond substituents is 1. The normalized spacial score (nSPS) is 11.7. The van der Waals surface area contributed by atoms with Crippen molar-refractivity contribution in [2.75, 3.05) is 13.2 Å². The lowest BCUT2D eigenvalue weighted by atomic mass is 10.0. The van der Waals surface area contributed by atoms with Crippen LogP contribution in [-0.4, -0.2) is 34.9 Å². The third-order valence-corrected chi connectivity index (χ3v) is 5.29. The molecule has 2 aromatic rings. The van der Waals surface area contributed by atoms with Gasteiger partial charge in [0, 0.05) is 30.4 Å². The number of aryl methyl sites for hydroxylation is 1. The molecule has 1 aromatic carbocycles. The van der Waals surface area contributed by atoms with Crippen LogP contribution in [0.3, 0.4) is 0 Å². The third-order valence-electron chi connectivity index (χ3n) is 5.29. The molecule has 31 heavy (non-hydrogen) atoms. The maximum Gasteiger partial charge on any atom is 0.222 e. The van der Waals surface area contributed by atoms with Crippen molar-refractivity contribution in [1.82, 2.24) is 10.3 Å². The van der Waals surface area contributed by atoms with E-state index in [-0.39, 0.29) is 23.4 Å². The molecule has 6 heteroatoms. The third kappa shape index (κ3) is 7.70. The van der Waals surface area contributed by atoms with Crippen LogP contribution >= 0.6 is 0 Å². The van der Waals surface area contributed by atoms with E-state index in [0.29, 0.717) is 42.9 Å². The van der Waals surface area contributed by atoms with Crippen LogP contribution in [0.15, 0.2) is 36.7 Å². The van der Waals surface area contributed by atoms with E-state index in [1.54, 1.807) is 18.3 Å². The number of aromatic hydroxyl groups is 1. The summed E-state index contributed by atoms with van der Waals surface area (Å²) in [6, 6.07) is 7.32. The number of unbranched alkanes of at least 4 members (excludes halogenated alkanes) is 1. The number of benzene rings is 1. The second-order valence-electron chi connectivity index (χ2n) is 7.89. The van der Waals surface area contributed by atoms with Gasteiger partial charge in [0.15, 0.2) is 5.78 Å². The lowest BCUT2D eigenvalue weighted by molar-refractivity contribution is -0.124. The van der Waals surface area contributed by atoms with Gasteiger partial charge in [0.1, 0.15) is 11.5 Å². The fourth-order valence-electron chi connectivity index (χ4n) is 3.39. The van der Waals surface area contributed by atoms with Gasteiger partial charge in [0.05, 0.1) is 12.2 Å². The summed E-state index contributed by atoms with van der Waals surface area (Å²) < 4.78 is 5.86. The van der Waals surface area contributed by atoms with Crippen molar-refractivity contribution in [3.8, 4) is 11.5 Å². The highest BCUT2D eigenvalue weighted by molar-refractivity contribution is 5.97. The van der Waals surface area contributed by atoms with Crippen LogP contribution in [0.25, 0.3) is 0 Å². The van der Waals surface area contributed by atoms with Gasteiger partial charge in [-0.15, -0.1) is 0 Å². The Morgan fingerprint density at radius 2 is 2.00 bits per heavy atom. The summed E-state index contributed by atoms with van der Waals surface area (Å²) in [6.07, 6.45) is 8.55. The van der Waals surface area contributed by atoms with E-state index in [9.17, 15) is 14.7 Å². The number of amides is 1. The number of rotatable bonds is 13. The first kappa shape index (κ1) is 24.4. The average molecular weight is 427 g/mol. The smallest absolute Gasteiger partial charge is 0.222 e. The van der Waals surface area contributed by atoms with Gasteiger partial charge < -0.3 is 15.2 Å². The average Bonchev–Trinajstić information content (AvgIpc) is 2.76. The molecular formula is C25H34N2O4. The van der Waals surface area contributed by atoms with Gasteiger partial charge in [0.2, 0.25) is 5.91 Å². The maximum atomic E-state index is 12.3. The van der Waals surface area contributed by atoms with Gasteiger partial charge in [-0.1, -0.05) is 26.3 Å². The van der Waals surface area contributed by atoms with E-state index in [1.807, 2.05) is 26.1 Å². The minimum atomic E-state index is -0.174. The molecule has 0 aliphatic heterocycles. The van der Waals surface area contributed by atoms with Crippen LogP contribution in [0.2, 0.25) is 0 Å². The molecule has 0 fully saturated rings. The Bertz CT molecular complexity index is 852. The van der Waals surface area contributed by atoms with Crippen LogP contribution in [-0.2, 0) is 17.6 Å². The van der Waals surface area contributed by atoms with Gasteiger partial charge in [-0.25, -0.2) is 0 Å². The number of nitrogens with one attached hydrogen (secondary N) is 1.